The summed E-state index contributed by atoms with van der Waals surface area (Å²) in [6, 6.07) is 3.98. The number of ether oxygens (including phenoxy) is 1. The van der Waals surface area contributed by atoms with E-state index in [1.165, 1.54) is 6.07 Å². The first-order valence-electron chi connectivity index (χ1n) is 4.98. The van der Waals surface area contributed by atoms with Crippen LogP contribution in [0.2, 0.25) is 5.02 Å². The minimum atomic E-state index is -4.52. The molecule has 0 fully saturated rings. The monoisotopic (exact) mass is 305 g/mol. The average Bonchev–Trinajstić information content (AvgIpc) is 2.39. The van der Waals surface area contributed by atoms with Crippen LogP contribution in [0.1, 0.15) is 5.56 Å². The van der Waals surface area contributed by atoms with Crippen LogP contribution in [0.3, 0.4) is 0 Å². The van der Waals surface area contributed by atoms with Crippen LogP contribution in [0, 0.1) is 11.3 Å². The number of halogens is 4. The van der Waals surface area contributed by atoms with Crippen LogP contribution in [-0.2, 0) is 15.7 Å². The molecule has 0 aromatic heterocycles. The van der Waals surface area contributed by atoms with Gasteiger partial charge < -0.3 is 4.74 Å². The van der Waals surface area contributed by atoms with Crippen LogP contribution < -0.4 is 5.43 Å². The van der Waals surface area contributed by atoms with Crippen LogP contribution in [-0.4, -0.2) is 18.8 Å². The van der Waals surface area contributed by atoms with Gasteiger partial charge in [-0.15, -0.1) is 0 Å². The van der Waals surface area contributed by atoms with Crippen molar-refractivity contribution in [2.45, 2.75) is 6.18 Å². The van der Waals surface area contributed by atoms with Crippen LogP contribution in [0.15, 0.2) is 23.3 Å². The lowest BCUT2D eigenvalue weighted by atomic mass is 10.2. The number of hydrazone groups is 1. The van der Waals surface area contributed by atoms with Crippen LogP contribution in [0.4, 0.5) is 18.9 Å². The zero-order valence-corrected chi connectivity index (χ0v) is 10.7. The third kappa shape index (κ3) is 3.86. The predicted molar refractivity (Wildman–Crippen MR) is 65.1 cm³/mol. The number of hydrogen-bond donors (Lipinski definition) is 1. The number of nitrogens with one attached hydrogen (secondary N) is 1. The Hall–Kier alpha value is -2.27. The molecule has 0 aliphatic carbocycles. The van der Waals surface area contributed by atoms with Gasteiger partial charge in [0.15, 0.2) is 0 Å². The Morgan fingerprint density at radius 3 is 2.60 bits per heavy atom. The molecule has 5 nitrogen and oxygen atoms in total. The van der Waals surface area contributed by atoms with E-state index in [0.29, 0.717) is 6.07 Å². The second-order valence-corrected chi connectivity index (χ2v) is 3.78. The molecule has 1 aromatic carbocycles. The van der Waals surface area contributed by atoms with Gasteiger partial charge in [0.05, 0.1) is 23.4 Å². The van der Waals surface area contributed by atoms with Gasteiger partial charge >= 0.3 is 12.1 Å². The van der Waals surface area contributed by atoms with Gasteiger partial charge in [-0.25, -0.2) is 4.79 Å². The van der Waals surface area contributed by atoms with E-state index in [2.05, 4.69) is 15.3 Å². The van der Waals surface area contributed by atoms with Crippen molar-refractivity contribution >= 4 is 29.0 Å². The summed E-state index contributed by atoms with van der Waals surface area (Å²) < 4.78 is 41.5. The maximum Gasteiger partial charge on any atom is 0.416 e. The highest BCUT2D eigenvalue weighted by Crippen LogP contribution is 2.33. The molecular formula is C11H7ClF3N3O2. The molecule has 1 aromatic rings. The van der Waals surface area contributed by atoms with E-state index < -0.39 is 23.4 Å². The van der Waals surface area contributed by atoms with Crippen molar-refractivity contribution in [1.29, 1.82) is 5.26 Å². The average molecular weight is 306 g/mol. The lowest BCUT2D eigenvalue weighted by Crippen LogP contribution is -2.15. The largest absolute Gasteiger partial charge is 0.464 e. The Morgan fingerprint density at radius 1 is 1.50 bits per heavy atom. The van der Waals surface area contributed by atoms with Gasteiger partial charge in [-0.1, -0.05) is 11.6 Å². The molecule has 0 heterocycles. The van der Waals surface area contributed by atoms with Crippen LogP contribution in [0.25, 0.3) is 0 Å². The molecule has 0 spiro atoms. The number of carbonyl (C=O) groups excluding carboxylic acids is 1. The number of nitrogens with zero attached hydrogens (tertiary/aromatic N) is 2. The van der Waals surface area contributed by atoms with E-state index in [-0.39, 0.29) is 10.7 Å². The lowest BCUT2D eigenvalue weighted by Gasteiger charge is -2.09. The molecule has 9 heteroatoms. The molecule has 20 heavy (non-hydrogen) atoms. The van der Waals surface area contributed by atoms with Crippen molar-refractivity contribution < 1.29 is 22.7 Å². The second kappa shape index (κ2) is 6.25. The highest BCUT2D eigenvalue weighted by atomic mass is 35.5. The normalized spacial score (nSPS) is 11.7. The summed E-state index contributed by atoms with van der Waals surface area (Å²) in [6.07, 6.45) is -4.52. The summed E-state index contributed by atoms with van der Waals surface area (Å²) in [6.45, 7) is 0. The molecule has 0 saturated heterocycles. The zero-order valence-electron chi connectivity index (χ0n) is 9.95. The van der Waals surface area contributed by atoms with Gasteiger partial charge in [0.2, 0.25) is 5.71 Å². The van der Waals surface area contributed by atoms with Gasteiger partial charge in [-0.2, -0.15) is 23.5 Å². The predicted octanol–water partition coefficient (Wildman–Crippen LogP) is 2.82. The minimum Gasteiger partial charge on any atom is -0.464 e. The number of rotatable bonds is 3. The first-order chi connectivity index (χ1) is 9.29. The third-order valence-corrected chi connectivity index (χ3v) is 2.38. The quantitative estimate of drug-likeness (QED) is 0.529. The highest BCUT2D eigenvalue weighted by molar-refractivity contribution is 6.43. The van der Waals surface area contributed by atoms with Crippen molar-refractivity contribution in [2.24, 2.45) is 5.10 Å². The van der Waals surface area contributed by atoms with E-state index in [9.17, 15) is 18.0 Å². The fourth-order valence-electron chi connectivity index (χ4n) is 1.11. The van der Waals surface area contributed by atoms with Gasteiger partial charge in [-0.3, -0.25) is 5.43 Å². The summed E-state index contributed by atoms with van der Waals surface area (Å²) in [7, 11) is 1.06. The molecule has 1 N–H and O–H groups in total. The maximum atomic E-state index is 12.4. The Morgan fingerprint density at radius 2 is 2.15 bits per heavy atom. The minimum absolute atomic E-state index is 0.0105. The number of benzene rings is 1. The van der Waals surface area contributed by atoms with E-state index in [0.717, 1.165) is 19.2 Å². The molecule has 0 amide bonds. The number of anilines is 1. The van der Waals surface area contributed by atoms with E-state index >= 15 is 0 Å². The molecule has 0 saturated carbocycles. The molecule has 0 aliphatic rings. The molecule has 1 rings (SSSR count). The van der Waals surface area contributed by atoms with Gasteiger partial charge in [0, 0.05) is 0 Å². The number of alkyl halides is 3. The summed E-state index contributed by atoms with van der Waals surface area (Å²) in [4.78, 5) is 11.0. The molecule has 0 unspecified atom stereocenters. The number of nitriles is 1. The Kier molecular flexibility index (Phi) is 4.94. The summed E-state index contributed by atoms with van der Waals surface area (Å²) in [5.41, 5.74) is 0.714. The van der Waals surface area contributed by atoms with Crippen molar-refractivity contribution in [1.82, 2.24) is 0 Å². The number of carbonyl (C=O) groups is 1. The maximum absolute atomic E-state index is 12.4. The standard InChI is InChI=1S/C11H7ClF3N3O2/c1-20-10(19)9(5-16)18-17-8-3-2-6(4-7(8)12)11(13,14)15/h2-4,17H,1H3/b18-9+. The first-order valence-corrected chi connectivity index (χ1v) is 5.36. The SMILES string of the molecule is COC(=O)/C(C#N)=N/Nc1ccc(C(F)(F)F)cc1Cl. The number of hydrogen-bond acceptors (Lipinski definition) is 5. The number of esters is 1. The molecule has 0 aliphatic heterocycles. The number of methoxy groups -OCH3 is 1. The second-order valence-electron chi connectivity index (χ2n) is 3.37. The van der Waals surface area contributed by atoms with Crippen molar-refractivity contribution in [3.05, 3.63) is 28.8 Å². The Bertz CT molecular complexity index is 594. The van der Waals surface area contributed by atoms with Crippen LogP contribution >= 0.6 is 11.6 Å². The summed E-state index contributed by atoms with van der Waals surface area (Å²) in [5, 5.41) is 11.8. The van der Waals surface area contributed by atoms with Gasteiger partial charge in [0.25, 0.3) is 0 Å². The molecule has 0 bridgehead atoms. The molecule has 0 atom stereocenters. The van der Waals surface area contributed by atoms with Crippen molar-refractivity contribution in [3.63, 3.8) is 0 Å². The van der Waals surface area contributed by atoms with Gasteiger partial charge in [0.1, 0.15) is 6.07 Å². The Labute approximate surface area is 116 Å². The van der Waals surface area contributed by atoms with Crippen molar-refractivity contribution in [2.75, 3.05) is 12.5 Å². The van der Waals surface area contributed by atoms with E-state index in [1.807, 2.05) is 0 Å². The highest BCUT2D eigenvalue weighted by Gasteiger charge is 2.30. The topological polar surface area (TPSA) is 74.5 Å². The third-order valence-electron chi connectivity index (χ3n) is 2.07. The Balaban J connectivity index is 2.98. The fraction of sp³-hybridized carbons (Fsp3) is 0.182. The molecular weight excluding hydrogens is 299 g/mol. The summed E-state index contributed by atoms with van der Waals surface area (Å²) >= 11 is 5.64. The molecule has 0 radical (unpaired) electrons. The first kappa shape index (κ1) is 15.8. The molecule has 106 valence electrons. The van der Waals surface area contributed by atoms with Crippen molar-refractivity contribution in [3.8, 4) is 6.07 Å². The van der Waals surface area contributed by atoms with E-state index in [4.69, 9.17) is 16.9 Å². The summed E-state index contributed by atoms with van der Waals surface area (Å²) in [5.74, 6) is -0.983. The van der Waals surface area contributed by atoms with Crippen LogP contribution in [0.5, 0.6) is 0 Å². The zero-order chi connectivity index (χ0) is 15.3. The van der Waals surface area contributed by atoms with E-state index in [1.54, 1.807) is 0 Å². The lowest BCUT2D eigenvalue weighted by molar-refractivity contribution is -0.137. The fourth-order valence-corrected chi connectivity index (χ4v) is 1.33. The van der Waals surface area contributed by atoms with Gasteiger partial charge in [-0.05, 0) is 18.2 Å². The smallest absolute Gasteiger partial charge is 0.416 e.